The molecule has 0 saturated heterocycles. The van der Waals surface area contributed by atoms with Crippen LogP contribution in [0.2, 0.25) is 5.02 Å². The first kappa shape index (κ1) is 30.1. The third kappa shape index (κ3) is 5.45. The molecule has 2 aromatic carbocycles. The highest BCUT2D eigenvalue weighted by molar-refractivity contribution is 7.90. The highest BCUT2D eigenvalue weighted by atomic mass is 35.5. The molecule has 1 fully saturated rings. The minimum Gasteiger partial charge on any atom is -0.490 e. The first-order valence-electron chi connectivity index (χ1n) is 15.2. The first-order chi connectivity index (χ1) is 20.4. The number of aliphatic hydroxyl groups is 1. The van der Waals surface area contributed by atoms with E-state index in [1.807, 2.05) is 13.0 Å². The van der Waals surface area contributed by atoms with E-state index in [2.05, 4.69) is 27.7 Å². The third-order valence-corrected chi connectivity index (χ3v) is 12.5. The number of hydrogen-bond donors (Lipinski definition) is 2. The lowest BCUT2D eigenvalue weighted by Crippen LogP contribution is -2.52. The van der Waals surface area contributed by atoms with E-state index >= 15 is 0 Å². The maximum atomic E-state index is 13.4. The standard InChI is InChI=1S/C34H39ClN2O5S/c1-4-34(39)16-5-7-22(2)23(3)43(40,41)36-32(38)25-10-14-31-30(18-25)37(19-26-9-12-29(26)34)20-33(21-42-31)15-6-8-24-17-27(35)11-13-28(24)33/h1,5,10-11,13-14,16-18,22-23,26,29,39H,6-9,12,15,19-21H2,2-3H3,(H,36,38)/b16-5-/t22-,23+,26-,29+,33-,34-/m0/s1. The molecule has 1 spiro atoms. The second-order valence-corrected chi connectivity index (χ2v) is 15.5. The number of sulfonamides is 1. The Kier molecular flexibility index (Phi) is 7.81. The number of rotatable bonds is 0. The highest BCUT2D eigenvalue weighted by Crippen LogP contribution is 2.48. The predicted molar refractivity (Wildman–Crippen MR) is 169 cm³/mol. The van der Waals surface area contributed by atoms with Gasteiger partial charge in [-0.15, -0.1) is 6.42 Å². The van der Waals surface area contributed by atoms with Crippen LogP contribution in [0, 0.1) is 30.1 Å². The molecule has 0 radical (unpaired) electrons. The lowest BCUT2D eigenvalue weighted by Gasteiger charge is -2.47. The van der Waals surface area contributed by atoms with E-state index in [0.717, 1.165) is 37.8 Å². The average molecular weight is 623 g/mol. The van der Waals surface area contributed by atoms with Crippen LogP contribution < -0.4 is 14.4 Å². The largest absolute Gasteiger partial charge is 0.490 e. The fourth-order valence-corrected chi connectivity index (χ4v) is 8.90. The van der Waals surface area contributed by atoms with Gasteiger partial charge in [0.15, 0.2) is 0 Å². The third-order valence-electron chi connectivity index (χ3n) is 10.4. The van der Waals surface area contributed by atoms with E-state index in [9.17, 15) is 18.3 Å². The fraction of sp³-hybridized carbons (Fsp3) is 0.500. The molecule has 0 unspecified atom stereocenters. The van der Waals surface area contributed by atoms with Crippen molar-refractivity contribution in [3.05, 3.63) is 70.3 Å². The number of hydrogen-bond acceptors (Lipinski definition) is 6. The Labute approximate surface area is 259 Å². The molecular weight excluding hydrogens is 584 g/mol. The van der Waals surface area contributed by atoms with Crippen molar-refractivity contribution in [2.24, 2.45) is 17.8 Å². The van der Waals surface area contributed by atoms with Crippen LogP contribution in [0.25, 0.3) is 0 Å². The summed E-state index contributed by atoms with van der Waals surface area (Å²) in [6.45, 7) is 5.12. The van der Waals surface area contributed by atoms with Crippen LogP contribution in [-0.4, -0.2) is 50.0 Å². The van der Waals surface area contributed by atoms with Gasteiger partial charge < -0.3 is 14.7 Å². The smallest absolute Gasteiger partial charge is 0.264 e. The van der Waals surface area contributed by atoms with Crippen LogP contribution in [0.15, 0.2) is 48.6 Å². The van der Waals surface area contributed by atoms with Crippen molar-refractivity contribution in [3.8, 4) is 18.1 Å². The molecule has 2 N–H and O–H groups in total. The Bertz CT molecular complexity index is 1620. The Balaban J connectivity index is 1.45. The molecule has 7 nitrogen and oxygen atoms in total. The van der Waals surface area contributed by atoms with E-state index in [0.29, 0.717) is 36.9 Å². The van der Waals surface area contributed by atoms with E-state index in [-0.39, 0.29) is 28.7 Å². The minimum absolute atomic E-state index is 0.115. The van der Waals surface area contributed by atoms with Crippen molar-refractivity contribution >= 4 is 33.2 Å². The van der Waals surface area contributed by atoms with Crippen molar-refractivity contribution < 1.29 is 23.1 Å². The molecule has 2 aromatic rings. The normalized spacial score (nSPS) is 34.3. The molecule has 4 aliphatic rings. The van der Waals surface area contributed by atoms with Gasteiger partial charge in [0.1, 0.15) is 11.4 Å². The van der Waals surface area contributed by atoms with Crippen LogP contribution in [0.1, 0.15) is 67.4 Å². The summed E-state index contributed by atoms with van der Waals surface area (Å²) in [5.41, 5.74) is 1.70. The maximum Gasteiger partial charge on any atom is 0.264 e. The topological polar surface area (TPSA) is 95.9 Å². The number of nitrogens with zero attached hydrogens (tertiary/aromatic N) is 1. The zero-order chi connectivity index (χ0) is 30.6. The van der Waals surface area contributed by atoms with Crippen LogP contribution in [-0.2, 0) is 21.9 Å². The number of amides is 1. The molecule has 2 aliphatic heterocycles. The van der Waals surface area contributed by atoms with E-state index in [1.165, 1.54) is 11.1 Å². The van der Waals surface area contributed by atoms with Crippen molar-refractivity contribution in [2.45, 2.75) is 68.6 Å². The van der Waals surface area contributed by atoms with Crippen LogP contribution in [0.5, 0.6) is 5.75 Å². The van der Waals surface area contributed by atoms with Gasteiger partial charge in [0.25, 0.3) is 5.91 Å². The molecule has 228 valence electrons. The van der Waals surface area contributed by atoms with Gasteiger partial charge in [-0.05, 0) is 105 Å². The van der Waals surface area contributed by atoms with E-state index in [1.54, 1.807) is 37.3 Å². The van der Waals surface area contributed by atoms with Crippen LogP contribution in [0.3, 0.4) is 0 Å². The van der Waals surface area contributed by atoms with Gasteiger partial charge in [0.05, 0.1) is 17.5 Å². The van der Waals surface area contributed by atoms with Gasteiger partial charge in [-0.1, -0.05) is 36.6 Å². The van der Waals surface area contributed by atoms with Gasteiger partial charge in [0, 0.05) is 35.0 Å². The number of aryl methyl sites for hydroxylation is 1. The molecular formula is C34H39ClN2O5S. The summed E-state index contributed by atoms with van der Waals surface area (Å²) in [4.78, 5) is 15.6. The average Bonchev–Trinajstić information content (AvgIpc) is 3.11. The van der Waals surface area contributed by atoms with Gasteiger partial charge in [-0.2, -0.15) is 0 Å². The molecule has 1 amide bonds. The summed E-state index contributed by atoms with van der Waals surface area (Å²) < 4.78 is 35.2. The van der Waals surface area contributed by atoms with Crippen molar-refractivity contribution in [1.82, 2.24) is 4.72 Å². The Hall–Kier alpha value is -2.99. The molecule has 43 heavy (non-hydrogen) atoms. The molecule has 6 atom stereocenters. The fourth-order valence-electron chi connectivity index (χ4n) is 7.42. The number of carbonyl (C=O) groups is 1. The number of fused-ring (bicyclic) bond motifs is 4. The summed E-state index contributed by atoms with van der Waals surface area (Å²) in [5, 5.41) is 11.5. The summed E-state index contributed by atoms with van der Waals surface area (Å²) in [5.74, 6) is 2.29. The molecule has 0 aromatic heterocycles. The van der Waals surface area contributed by atoms with Gasteiger partial charge in [-0.25, -0.2) is 13.1 Å². The lowest BCUT2D eigenvalue weighted by atomic mass is 9.64. The lowest BCUT2D eigenvalue weighted by molar-refractivity contribution is -0.00308. The Morgan fingerprint density at radius 1 is 1.19 bits per heavy atom. The quantitative estimate of drug-likeness (QED) is 0.308. The van der Waals surface area contributed by atoms with Crippen LogP contribution >= 0.6 is 11.6 Å². The summed E-state index contributed by atoms with van der Waals surface area (Å²) in [6.07, 6.45) is 14.4. The molecule has 6 rings (SSSR count). The number of anilines is 1. The van der Waals surface area contributed by atoms with Crippen molar-refractivity contribution in [3.63, 3.8) is 0 Å². The number of halogens is 1. The van der Waals surface area contributed by atoms with Crippen LogP contribution in [0.4, 0.5) is 5.69 Å². The summed E-state index contributed by atoms with van der Waals surface area (Å²) in [6, 6.07) is 11.2. The Morgan fingerprint density at radius 3 is 2.74 bits per heavy atom. The molecule has 2 bridgehead atoms. The zero-order valence-corrected chi connectivity index (χ0v) is 26.3. The molecule has 2 aliphatic carbocycles. The number of terminal acetylenes is 1. The first-order valence-corrected chi connectivity index (χ1v) is 17.1. The number of ether oxygens (including phenoxy) is 1. The number of nitrogens with one attached hydrogen (secondary N) is 1. The van der Waals surface area contributed by atoms with Gasteiger partial charge >= 0.3 is 0 Å². The molecule has 2 heterocycles. The van der Waals surface area contributed by atoms with E-state index in [4.69, 9.17) is 22.8 Å². The van der Waals surface area contributed by atoms with Gasteiger partial charge in [-0.3, -0.25) is 4.79 Å². The second-order valence-electron chi connectivity index (χ2n) is 13.0. The second kappa shape index (κ2) is 11.2. The van der Waals surface area contributed by atoms with E-state index < -0.39 is 26.8 Å². The summed E-state index contributed by atoms with van der Waals surface area (Å²) >= 11 is 6.39. The monoisotopic (exact) mass is 622 g/mol. The molecule has 9 heteroatoms. The SMILES string of the molecule is C#C[C@]1(O)/C=C\C[C@H](C)[C@@H](C)S(=O)(=O)NC(=O)c2ccc3c(c2)N(C[C@@H]2CC[C@H]21)C[C@@]1(CCCc2cc(Cl)ccc21)CO3. The highest BCUT2D eigenvalue weighted by Gasteiger charge is 2.47. The number of carbonyl (C=O) groups excluding carboxylic acids is 1. The zero-order valence-electron chi connectivity index (χ0n) is 24.7. The number of allylic oxidation sites excluding steroid dienone is 1. The predicted octanol–water partition coefficient (Wildman–Crippen LogP) is 5.25. The minimum atomic E-state index is -3.97. The van der Waals surface area contributed by atoms with Crippen molar-refractivity contribution in [2.75, 3.05) is 24.6 Å². The van der Waals surface area contributed by atoms with Gasteiger partial charge in [0.2, 0.25) is 10.0 Å². The van der Waals surface area contributed by atoms with Crippen molar-refractivity contribution in [1.29, 1.82) is 0 Å². The number of benzene rings is 2. The Morgan fingerprint density at radius 2 is 2.00 bits per heavy atom. The summed E-state index contributed by atoms with van der Waals surface area (Å²) in [7, 11) is -3.97. The maximum absolute atomic E-state index is 13.4. The molecule has 1 saturated carbocycles.